The minimum atomic E-state index is -1.68. The summed E-state index contributed by atoms with van der Waals surface area (Å²) in [4.78, 5) is 209. The highest BCUT2D eigenvalue weighted by Gasteiger charge is 2.35. The number of para-hydroxylation sites is 1. The number of aliphatic carboxylic acids is 5. The van der Waals surface area contributed by atoms with Gasteiger partial charge in [-0.05, 0) is 107 Å². The zero-order valence-corrected chi connectivity index (χ0v) is 57.2. The third-order valence-corrected chi connectivity index (χ3v) is 17.0. The summed E-state index contributed by atoms with van der Waals surface area (Å²) in [6, 6.07) is 11.1. The molecular formula is C69H91N13O21. The summed E-state index contributed by atoms with van der Waals surface area (Å²) in [6.07, 6.45) is 0.394. The van der Waals surface area contributed by atoms with Crippen molar-refractivity contribution in [1.29, 1.82) is 0 Å². The molecular weight excluding hydrogens is 1350 g/mol. The quantitative estimate of drug-likeness (QED) is 0.0255. The van der Waals surface area contributed by atoms with Crippen molar-refractivity contribution in [3.8, 4) is 0 Å². The Balaban J connectivity index is 1.11. The van der Waals surface area contributed by atoms with Gasteiger partial charge >= 0.3 is 35.9 Å². The molecule has 1 fully saturated rings. The summed E-state index contributed by atoms with van der Waals surface area (Å²) in [6.45, 7) is 3.28. The summed E-state index contributed by atoms with van der Waals surface area (Å²) < 4.78 is 0. The zero-order chi connectivity index (χ0) is 75.7. The molecule has 1 aliphatic rings. The van der Waals surface area contributed by atoms with Crippen LogP contribution in [0.25, 0.3) is 10.9 Å². The second-order valence-electron chi connectivity index (χ2n) is 25.1. The van der Waals surface area contributed by atoms with Crippen molar-refractivity contribution in [2.45, 2.75) is 178 Å². The second-order valence-corrected chi connectivity index (χ2v) is 25.1. The first-order chi connectivity index (χ1) is 49.0. The van der Waals surface area contributed by atoms with Gasteiger partial charge in [0.1, 0.15) is 54.4 Å². The van der Waals surface area contributed by atoms with E-state index >= 15 is 0 Å². The van der Waals surface area contributed by atoms with E-state index in [1.165, 1.54) is 20.8 Å². The molecule has 3 aromatic carbocycles. The Kier molecular flexibility index (Phi) is 33.5. The Bertz CT molecular complexity index is 3640. The lowest BCUT2D eigenvalue weighted by Gasteiger charge is -2.29. The van der Waals surface area contributed by atoms with Crippen LogP contribution in [0.5, 0.6) is 0 Å². The maximum Gasteiger partial charge on any atom is 0.326 e. The minimum Gasteiger partial charge on any atom is -0.481 e. The highest BCUT2D eigenvalue weighted by molar-refractivity contribution is 5.98. The summed E-state index contributed by atoms with van der Waals surface area (Å²) in [7, 11) is 0. The number of benzene rings is 3. The van der Waals surface area contributed by atoms with Crippen LogP contribution in [0.2, 0.25) is 0 Å². The first-order valence-corrected chi connectivity index (χ1v) is 33.7. The van der Waals surface area contributed by atoms with Crippen molar-refractivity contribution in [1.82, 2.24) is 68.8 Å². The van der Waals surface area contributed by atoms with E-state index in [1.54, 1.807) is 66.9 Å². The molecule has 103 heavy (non-hydrogen) atoms. The largest absolute Gasteiger partial charge is 0.481 e. The van der Waals surface area contributed by atoms with Crippen molar-refractivity contribution < 1.29 is 102 Å². The number of aromatic nitrogens is 1. The average molecular weight is 1440 g/mol. The number of unbranched alkanes of at least 4 members (excludes halogenated alkanes) is 1. The molecule has 0 aliphatic heterocycles. The van der Waals surface area contributed by atoms with Crippen molar-refractivity contribution in [3.05, 3.63) is 108 Å². The Morgan fingerprint density at radius 2 is 0.883 bits per heavy atom. The molecule has 0 radical (unpaired) electrons. The van der Waals surface area contributed by atoms with Crippen LogP contribution in [0.3, 0.4) is 0 Å². The van der Waals surface area contributed by atoms with Crippen LogP contribution < -0.4 is 63.8 Å². The van der Waals surface area contributed by atoms with E-state index in [9.17, 15) is 97.1 Å². The fourth-order valence-electron chi connectivity index (χ4n) is 11.3. The Labute approximate surface area is 591 Å². The van der Waals surface area contributed by atoms with Gasteiger partial charge in [0, 0.05) is 81.6 Å². The number of hydrogen-bond acceptors (Lipinski definition) is 16. The monoisotopic (exact) mass is 1440 g/mol. The maximum atomic E-state index is 13.9. The summed E-state index contributed by atoms with van der Waals surface area (Å²) >= 11 is 0. The first kappa shape index (κ1) is 82.2. The molecule has 1 aromatic heterocycles. The minimum absolute atomic E-state index is 0.0349. The van der Waals surface area contributed by atoms with E-state index < -0.39 is 200 Å². The van der Waals surface area contributed by atoms with Gasteiger partial charge in [0.05, 0.1) is 6.54 Å². The van der Waals surface area contributed by atoms with Gasteiger partial charge in [-0.2, -0.15) is 0 Å². The third-order valence-electron chi connectivity index (χ3n) is 17.0. The number of carbonyl (C=O) groups excluding carboxylic acids is 11. The van der Waals surface area contributed by atoms with Gasteiger partial charge in [0.25, 0.3) is 0 Å². The molecule has 0 unspecified atom stereocenters. The zero-order valence-electron chi connectivity index (χ0n) is 57.2. The van der Waals surface area contributed by atoms with Crippen LogP contribution >= 0.6 is 0 Å². The van der Waals surface area contributed by atoms with Crippen molar-refractivity contribution in [2.24, 2.45) is 11.8 Å². The fraction of sp³-hybridized carbons (Fsp3) is 0.478. The van der Waals surface area contributed by atoms with Crippen molar-refractivity contribution in [3.63, 3.8) is 0 Å². The van der Waals surface area contributed by atoms with Gasteiger partial charge in [-0.15, -0.1) is 0 Å². The maximum absolute atomic E-state index is 13.9. The normalized spacial score (nSPS) is 15.8. The average Bonchev–Trinajstić information content (AvgIpc) is 1.69. The predicted octanol–water partition coefficient (Wildman–Crippen LogP) is -0.226. The molecule has 34 nitrogen and oxygen atoms in total. The van der Waals surface area contributed by atoms with E-state index in [1.807, 2.05) is 24.3 Å². The molecule has 18 N–H and O–H groups in total. The molecule has 12 amide bonds. The molecule has 558 valence electrons. The number of aromatic amines is 1. The number of urea groups is 1. The lowest BCUT2D eigenvalue weighted by molar-refractivity contribution is -0.141. The molecule has 1 saturated carbocycles. The van der Waals surface area contributed by atoms with Gasteiger partial charge in [0.15, 0.2) is 0 Å². The van der Waals surface area contributed by atoms with E-state index in [0.717, 1.165) is 22.0 Å². The Hall–Kier alpha value is -11.5. The van der Waals surface area contributed by atoms with Crippen molar-refractivity contribution in [2.75, 3.05) is 19.6 Å². The van der Waals surface area contributed by atoms with Crippen LogP contribution in [0.1, 0.15) is 121 Å². The second kappa shape index (κ2) is 41.9. The molecule has 4 aromatic rings. The Morgan fingerprint density at radius 3 is 1.44 bits per heavy atom. The number of hydrogen-bond donors (Lipinski definition) is 18. The SMILES string of the molecule is CC(=O)N[C@@H](Cc1ccccc1)C(=O)N[C@@H](Cc1ccccc1)C(=O)N[C@@H](C)C(=O)N[C@@H](C)C(=O)N[C@@H](CCC(=O)O)C(=O)N[C@@H](CCC(=O)O)C(=O)NCC(=O)NCC1CCC(C(=O)N[C@@H](Cc2c[nH]c3ccccc23)C(=O)NCCCC[C@H](NC(=O)N[C@@H](CCC(=O)O)C(=O)O)C(=O)O)CC1. The van der Waals surface area contributed by atoms with Crippen LogP contribution in [-0.2, 0) is 91.2 Å². The van der Waals surface area contributed by atoms with Crippen LogP contribution in [-0.4, -0.2) is 199 Å². The smallest absolute Gasteiger partial charge is 0.326 e. The summed E-state index contributed by atoms with van der Waals surface area (Å²) in [5.41, 5.74) is 2.89. The van der Waals surface area contributed by atoms with Gasteiger partial charge in [-0.1, -0.05) is 78.9 Å². The number of carbonyl (C=O) groups is 16. The van der Waals surface area contributed by atoms with E-state index in [2.05, 4.69) is 68.8 Å². The number of fused-ring (bicyclic) bond motifs is 1. The topological polar surface area (TPSA) is 534 Å². The van der Waals surface area contributed by atoms with Gasteiger partial charge in [0.2, 0.25) is 59.1 Å². The van der Waals surface area contributed by atoms with Crippen molar-refractivity contribution >= 4 is 106 Å². The highest BCUT2D eigenvalue weighted by atomic mass is 16.4. The van der Waals surface area contributed by atoms with E-state index in [4.69, 9.17) is 5.11 Å². The van der Waals surface area contributed by atoms with E-state index in [-0.39, 0.29) is 57.5 Å². The number of nitrogens with one attached hydrogen (secondary N) is 13. The van der Waals surface area contributed by atoms with Crippen LogP contribution in [0, 0.1) is 11.8 Å². The number of rotatable bonds is 43. The molecule has 0 bridgehead atoms. The number of carboxylic acids is 5. The molecule has 0 saturated heterocycles. The fourth-order valence-corrected chi connectivity index (χ4v) is 11.3. The summed E-state index contributed by atoms with van der Waals surface area (Å²) in [5, 5.41) is 77.7. The third kappa shape index (κ3) is 29.3. The summed E-state index contributed by atoms with van der Waals surface area (Å²) in [5.74, 6) is -15.3. The molecule has 0 spiro atoms. The van der Waals surface area contributed by atoms with Gasteiger partial charge in [-0.3, -0.25) is 62.3 Å². The van der Waals surface area contributed by atoms with Crippen LogP contribution in [0.4, 0.5) is 4.79 Å². The number of amides is 12. The standard InChI is InChI=1S/C69H91N13O21/c1-38(75-65(97)53(33-42-16-8-5-9-17-42)80-66(98)52(76-40(3)83)32-41-14-6-4-7-15-41)59(91)74-39(2)60(92)77-49(26-29-57(87)88)64(96)78-48(25-28-56(85)86)62(94)73-37-55(84)72-35-43-21-23-44(24-22-43)61(93)79-54(34-45-36-71-47-19-11-10-18-46(45)47)63(95)70-31-13-12-20-50(67(99)100)81-69(103)82-51(68(101)102)27-30-58(89)90/h4-11,14-19,36,38-39,43-44,48-54,71H,12-13,20-35,37H2,1-3H3,(H,70,95)(H,72,84)(H,73,94)(H,74,91)(H,75,97)(H,76,83)(H,77,92)(H,78,96)(H,79,93)(H,80,98)(H,85,86)(H,87,88)(H,89,90)(H,99,100)(H,101,102)(H2,81,82,103)/t38-,39-,43?,44?,48-,49-,50-,51-,52-,53-,54-/m0/s1. The van der Waals surface area contributed by atoms with E-state index in [0.29, 0.717) is 31.2 Å². The lowest BCUT2D eigenvalue weighted by Crippen LogP contribution is -2.59. The predicted molar refractivity (Wildman–Crippen MR) is 366 cm³/mol. The highest BCUT2D eigenvalue weighted by Crippen LogP contribution is 2.29. The molecule has 5 rings (SSSR count). The number of carboxylic acid groups (broad SMARTS) is 5. The molecule has 1 heterocycles. The lowest BCUT2D eigenvalue weighted by atomic mass is 9.81. The van der Waals surface area contributed by atoms with Gasteiger partial charge < -0.3 is 94.3 Å². The Morgan fingerprint density at radius 1 is 0.437 bits per heavy atom. The molecule has 9 atom stereocenters. The van der Waals surface area contributed by atoms with Gasteiger partial charge in [-0.25, -0.2) is 14.4 Å². The number of H-pyrrole nitrogens is 1. The molecule has 1 aliphatic carbocycles. The molecule has 34 heteroatoms. The van der Waals surface area contributed by atoms with Crippen LogP contribution in [0.15, 0.2) is 91.1 Å². The first-order valence-electron chi connectivity index (χ1n) is 33.7.